The van der Waals surface area contributed by atoms with E-state index in [2.05, 4.69) is 13.8 Å². The first-order valence-electron chi connectivity index (χ1n) is 3.62. The molecular formula is C7H14ClP. The van der Waals surface area contributed by atoms with Gasteiger partial charge in [-0.3, -0.25) is 0 Å². The van der Waals surface area contributed by atoms with E-state index in [4.69, 9.17) is 11.2 Å². The molecule has 1 aliphatic carbocycles. The number of hydrogen-bond donors (Lipinski definition) is 0. The second-order valence-electron chi connectivity index (χ2n) is 3.21. The highest BCUT2D eigenvalue weighted by Gasteiger charge is 2.29. The normalized spacial score (nSPS) is 22.7. The van der Waals surface area contributed by atoms with Gasteiger partial charge in [-0.25, -0.2) is 0 Å². The minimum Gasteiger partial charge on any atom is -0.0961 e. The van der Waals surface area contributed by atoms with Gasteiger partial charge in [0.2, 0.25) is 0 Å². The van der Waals surface area contributed by atoms with Gasteiger partial charge >= 0.3 is 0 Å². The van der Waals surface area contributed by atoms with E-state index in [1.807, 2.05) is 0 Å². The van der Waals surface area contributed by atoms with Gasteiger partial charge in [0.25, 0.3) is 0 Å². The molecule has 0 saturated heterocycles. The summed E-state index contributed by atoms with van der Waals surface area (Å²) in [4.78, 5) is 0. The molecule has 0 heterocycles. The summed E-state index contributed by atoms with van der Waals surface area (Å²) in [6, 6.07) is 0. The molecule has 0 radical (unpaired) electrons. The number of rotatable bonds is 3. The second-order valence-corrected chi connectivity index (χ2v) is 6.40. The fourth-order valence-electron chi connectivity index (χ4n) is 0.853. The predicted molar refractivity (Wildman–Crippen MR) is 45.5 cm³/mol. The van der Waals surface area contributed by atoms with E-state index >= 15 is 0 Å². The Morgan fingerprint density at radius 3 is 2.44 bits per heavy atom. The van der Waals surface area contributed by atoms with Gasteiger partial charge in [-0.05, 0) is 37.9 Å². The molecule has 1 aliphatic rings. The van der Waals surface area contributed by atoms with E-state index < -0.39 is 0 Å². The van der Waals surface area contributed by atoms with Crippen LogP contribution in [0, 0.1) is 5.92 Å². The maximum Gasteiger partial charge on any atom is -0.00631 e. The van der Waals surface area contributed by atoms with Crippen molar-refractivity contribution >= 4 is 18.5 Å². The van der Waals surface area contributed by atoms with Crippen molar-refractivity contribution in [3.8, 4) is 0 Å². The first-order valence-corrected chi connectivity index (χ1v) is 6.12. The van der Waals surface area contributed by atoms with Gasteiger partial charge in [-0.1, -0.05) is 25.1 Å². The third-order valence-corrected chi connectivity index (χ3v) is 5.11. The van der Waals surface area contributed by atoms with Crippen molar-refractivity contribution in [2.75, 3.05) is 6.16 Å². The first-order chi connectivity index (χ1) is 4.20. The molecule has 0 aromatic rings. The van der Waals surface area contributed by atoms with Gasteiger partial charge in [0.15, 0.2) is 0 Å². The third-order valence-electron chi connectivity index (χ3n) is 1.48. The predicted octanol–water partition coefficient (Wildman–Crippen LogP) is 3.44. The maximum absolute atomic E-state index is 6.14. The summed E-state index contributed by atoms with van der Waals surface area (Å²) < 4.78 is 0. The van der Waals surface area contributed by atoms with Gasteiger partial charge in [-0.15, -0.1) is 0 Å². The fourth-order valence-corrected chi connectivity index (χ4v) is 3.97. The lowest BCUT2D eigenvalue weighted by atomic mass is 10.3. The average molecular weight is 165 g/mol. The second kappa shape index (κ2) is 3.21. The van der Waals surface area contributed by atoms with Gasteiger partial charge in [-0.2, -0.15) is 0 Å². The SMILES string of the molecule is CC(C)CP(Cl)C1CC1. The zero-order chi connectivity index (χ0) is 6.85. The Morgan fingerprint density at radius 1 is 1.56 bits per heavy atom. The number of halogens is 1. The van der Waals surface area contributed by atoms with Crippen LogP contribution in [-0.4, -0.2) is 11.8 Å². The molecule has 1 fully saturated rings. The van der Waals surface area contributed by atoms with Crippen LogP contribution in [0.5, 0.6) is 0 Å². The highest BCUT2D eigenvalue weighted by molar-refractivity contribution is 7.84. The lowest BCUT2D eigenvalue weighted by molar-refractivity contribution is 0.746. The van der Waals surface area contributed by atoms with Crippen molar-refractivity contribution in [3.63, 3.8) is 0 Å². The summed E-state index contributed by atoms with van der Waals surface area (Å²) in [6.45, 7) is 4.50. The van der Waals surface area contributed by atoms with Crippen LogP contribution in [-0.2, 0) is 0 Å². The summed E-state index contributed by atoms with van der Waals surface area (Å²) in [5.74, 6) is 0.800. The molecule has 0 aromatic carbocycles. The van der Waals surface area contributed by atoms with Crippen molar-refractivity contribution in [3.05, 3.63) is 0 Å². The van der Waals surface area contributed by atoms with Crippen LogP contribution in [0.15, 0.2) is 0 Å². The van der Waals surface area contributed by atoms with E-state index in [1.54, 1.807) is 0 Å². The lowest BCUT2D eigenvalue weighted by Crippen LogP contribution is -1.92. The number of hydrogen-bond acceptors (Lipinski definition) is 0. The van der Waals surface area contributed by atoms with Crippen molar-refractivity contribution in [1.82, 2.24) is 0 Å². The Hall–Kier alpha value is 0.720. The standard InChI is InChI=1S/C7H14ClP/c1-6(2)5-9(8)7-3-4-7/h6-7H,3-5H2,1-2H3. The molecule has 1 unspecified atom stereocenters. The fraction of sp³-hybridized carbons (Fsp3) is 1.00. The highest BCUT2D eigenvalue weighted by Crippen LogP contribution is 2.58. The molecule has 0 amide bonds. The van der Waals surface area contributed by atoms with Crippen LogP contribution in [0.1, 0.15) is 26.7 Å². The van der Waals surface area contributed by atoms with Gasteiger partial charge in [0.1, 0.15) is 0 Å². The summed E-state index contributed by atoms with van der Waals surface area (Å²) in [7, 11) is -0.0957. The molecule has 0 nitrogen and oxygen atoms in total. The van der Waals surface area contributed by atoms with Crippen molar-refractivity contribution in [1.29, 1.82) is 0 Å². The summed E-state index contributed by atoms with van der Waals surface area (Å²) in [5.41, 5.74) is 0.934. The smallest absolute Gasteiger partial charge is 0.00631 e. The molecule has 1 rings (SSSR count). The molecule has 2 heteroatoms. The summed E-state index contributed by atoms with van der Waals surface area (Å²) >= 11 is 6.14. The Morgan fingerprint density at radius 2 is 2.11 bits per heavy atom. The Balaban J connectivity index is 2.10. The van der Waals surface area contributed by atoms with Crippen molar-refractivity contribution in [2.24, 2.45) is 5.92 Å². The zero-order valence-electron chi connectivity index (χ0n) is 6.10. The van der Waals surface area contributed by atoms with Crippen molar-refractivity contribution in [2.45, 2.75) is 32.3 Å². The van der Waals surface area contributed by atoms with Crippen LogP contribution in [0.2, 0.25) is 0 Å². The molecule has 1 saturated carbocycles. The van der Waals surface area contributed by atoms with E-state index in [1.165, 1.54) is 19.0 Å². The topological polar surface area (TPSA) is 0 Å². The van der Waals surface area contributed by atoms with Gasteiger partial charge in [0.05, 0.1) is 0 Å². The van der Waals surface area contributed by atoms with Crippen LogP contribution < -0.4 is 0 Å². The van der Waals surface area contributed by atoms with Crippen molar-refractivity contribution < 1.29 is 0 Å². The van der Waals surface area contributed by atoms with Crippen LogP contribution >= 0.6 is 18.5 Å². The Kier molecular flexibility index (Phi) is 2.79. The van der Waals surface area contributed by atoms with Gasteiger partial charge < -0.3 is 0 Å². The highest BCUT2D eigenvalue weighted by atomic mass is 35.7. The minimum absolute atomic E-state index is 0.0957. The van der Waals surface area contributed by atoms with E-state index in [-0.39, 0.29) is 7.27 Å². The summed E-state index contributed by atoms with van der Waals surface area (Å²) in [5, 5.41) is 0. The van der Waals surface area contributed by atoms with Gasteiger partial charge in [0, 0.05) is 0 Å². The lowest BCUT2D eigenvalue weighted by Gasteiger charge is -2.09. The minimum atomic E-state index is -0.0957. The molecular weight excluding hydrogens is 151 g/mol. The molecule has 1 atom stereocenters. The Labute approximate surface area is 63.5 Å². The monoisotopic (exact) mass is 164 g/mol. The molecule has 0 bridgehead atoms. The third kappa shape index (κ3) is 2.87. The summed E-state index contributed by atoms with van der Waals surface area (Å²) in [6.07, 6.45) is 4.07. The molecule has 0 spiro atoms. The average Bonchev–Trinajstić information content (AvgIpc) is 2.40. The largest absolute Gasteiger partial charge is 0.0961 e. The van der Waals surface area contributed by atoms with E-state index in [9.17, 15) is 0 Å². The van der Waals surface area contributed by atoms with Crippen LogP contribution in [0.25, 0.3) is 0 Å². The zero-order valence-corrected chi connectivity index (χ0v) is 7.75. The molecule has 9 heavy (non-hydrogen) atoms. The molecule has 54 valence electrons. The Bertz CT molecular complexity index is 88.9. The van der Waals surface area contributed by atoms with E-state index in [0.717, 1.165) is 11.6 Å². The maximum atomic E-state index is 6.14. The quantitative estimate of drug-likeness (QED) is 0.561. The first kappa shape index (κ1) is 7.82. The van der Waals surface area contributed by atoms with Crippen LogP contribution in [0.4, 0.5) is 0 Å². The molecule has 0 N–H and O–H groups in total. The molecule has 0 aliphatic heterocycles. The van der Waals surface area contributed by atoms with Crippen LogP contribution in [0.3, 0.4) is 0 Å². The molecule has 0 aromatic heterocycles. The van der Waals surface area contributed by atoms with E-state index in [0.29, 0.717) is 0 Å².